The Balaban J connectivity index is 2.06. The molecule has 0 saturated heterocycles. The van der Waals surface area contributed by atoms with E-state index < -0.39 is 28.5 Å². The zero-order chi connectivity index (χ0) is 29.4. The number of hydrogen-bond donors (Lipinski definition) is 1. The first kappa shape index (κ1) is 32.2. The lowest BCUT2D eigenvalue weighted by atomic mass is 10.0. The molecular weight excluding hydrogens is 684 g/mol. The first-order chi connectivity index (χ1) is 18.8. The van der Waals surface area contributed by atoms with Crippen molar-refractivity contribution in [1.82, 2.24) is 10.2 Å². The second-order valence-electron chi connectivity index (χ2n) is 9.86. The number of nitrogens with zero attached hydrogens (tertiary/aromatic N) is 2. The zero-order valence-electron chi connectivity index (χ0n) is 22.5. The summed E-state index contributed by atoms with van der Waals surface area (Å²) >= 11 is 14.5. The SMILES string of the molecule is CC(C)CNC(=O)C(Cc1ccccc1)N(Cc1ccc(Cl)c(Cl)c1)C(=O)CN(c1ccc(I)cc1)S(C)(=O)=O. The van der Waals surface area contributed by atoms with E-state index in [0.29, 0.717) is 27.8 Å². The Morgan fingerprint density at radius 1 is 0.925 bits per heavy atom. The fourth-order valence-electron chi connectivity index (χ4n) is 4.03. The van der Waals surface area contributed by atoms with Crippen LogP contribution in [0.2, 0.25) is 10.0 Å². The average molecular weight is 716 g/mol. The number of rotatable bonds is 12. The molecule has 0 radical (unpaired) electrons. The minimum atomic E-state index is -3.83. The smallest absolute Gasteiger partial charge is 0.244 e. The van der Waals surface area contributed by atoms with Gasteiger partial charge < -0.3 is 10.2 Å². The number of sulfonamides is 1. The molecule has 0 fully saturated rings. The van der Waals surface area contributed by atoms with Crippen molar-refractivity contribution in [2.45, 2.75) is 32.9 Å². The molecule has 0 aliphatic carbocycles. The average Bonchev–Trinajstić information content (AvgIpc) is 2.90. The molecule has 7 nitrogen and oxygen atoms in total. The van der Waals surface area contributed by atoms with Crippen molar-refractivity contribution in [3.63, 3.8) is 0 Å². The fraction of sp³-hybridized carbons (Fsp3) is 0.310. The van der Waals surface area contributed by atoms with Crippen LogP contribution in [0.4, 0.5) is 5.69 Å². The van der Waals surface area contributed by atoms with Crippen LogP contribution in [0.1, 0.15) is 25.0 Å². The highest BCUT2D eigenvalue weighted by Crippen LogP contribution is 2.25. The van der Waals surface area contributed by atoms with Crippen molar-refractivity contribution in [1.29, 1.82) is 0 Å². The van der Waals surface area contributed by atoms with Gasteiger partial charge in [0.2, 0.25) is 21.8 Å². The second kappa shape index (κ2) is 14.5. The van der Waals surface area contributed by atoms with Crippen LogP contribution in [0, 0.1) is 9.49 Å². The molecule has 214 valence electrons. The first-order valence-electron chi connectivity index (χ1n) is 12.6. The Kier molecular flexibility index (Phi) is 11.7. The van der Waals surface area contributed by atoms with Gasteiger partial charge in [-0.3, -0.25) is 13.9 Å². The van der Waals surface area contributed by atoms with Gasteiger partial charge >= 0.3 is 0 Å². The predicted octanol–water partition coefficient (Wildman–Crippen LogP) is 5.78. The molecule has 2 amide bonds. The van der Waals surface area contributed by atoms with Crippen LogP contribution in [0.3, 0.4) is 0 Å². The van der Waals surface area contributed by atoms with Gasteiger partial charge in [-0.2, -0.15) is 0 Å². The highest BCUT2D eigenvalue weighted by Gasteiger charge is 2.33. The van der Waals surface area contributed by atoms with E-state index in [4.69, 9.17) is 23.2 Å². The van der Waals surface area contributed by atoms with Crippen LogP contribution in [0.15, 0.2) is 72.8 Å². The zero-order valence-corrected chi connectivity index (χ0v) is 27.0. The quantitative estimate of drug-likeness (QED) is 0.241. The van der Waals surface area contributed by atoms with Gasteiger partial charge in [-0.05, 0) is 76.0 Å². The molecule has 11 heteroatoms. The van der Waals surface area contributed by atoms with Crippen LogP contribution >= 0.6 is 45.8 Å². The second-order valence-corrected chi connectivity index (χ2v) is 13.8. The van der Waals surface area contributed by atoms with Gasteiger partial charge in [-0.25, -0.2) is 8.42 Å². The summed E-state index contributed by atoms with van der Waals surface area (Å²) in [6.45, 7) is 3.93. The van der Waals surface area contributed by atoms with Gasteiger partial charge in [0, 0.05) is 23.1 Å². The minimum Gasteiger partial charge on any atom is -0.354 e. The molecule has 1 N–H and O–H groups in total. The first-order valence-corrected chi connectivity index (χ1v) is 16.3. The van der Waals surface area contributed by atoms with E-state index in [0.717, 1.165) is 19.7 Å². The van der Waals surface area contributed by atoms with Crippen molar-refractivity contribution in [3.05, 3.63) is 97.5 Å². The third-order valence-corrected chi connectivity index (χ3v) is 8.69. The molecule has 0 heterocycles. The summed E-state index contributed by atoms with van der Waals surface area (Å²) in [5.41, 5.74) is 1.86. The Hall–Kier alpha value is -2.34. The lowest BCUT2D eigenvalue weighted by Crippen LogP contribution is -2.53. The number of amides is 2. The molecule has 3 aromatic carbocycles. The van der Waals surface area contributed by atoms with Crippen LogP contribution in [-0.2, 0) is 32.6 Å². The lowest BCUT2D eigenvalue weighted by Gasteiger charge is -2.33. The third-order valence-electron chi connectivity index (χ3n) is 6.09. The normalized spacial score (nSPS) is 12.2. The summed E-state index contributed by atoms with van der Waals surface area (Å²) in [7, 11) is -3.83. The summed E-state index contributed by atoms with van der Waals surface area (Å²) < 4.78 is 27.6. The van der Waals surface area contributed by atoms with Crippen molar-refractivity contribution in [2.24, 2.45) is 5.92 Å². The molecular formula is C29H32Cl2IN3O4S. The van der Waals surface area contributed by atoms with Gasteiger partial charge in [0.05, 0.1) is 22.0 Å². The van der Waals surface area contributed by atoms with Crippen LogP contribution < -0.4 is 9.62 Å². The van der Waals surface area contributed by atoms with E-state index in [1.165, 1.54) is 4.90 Å². The Morgan fingerprint density at radius 2 is 1.57 bits per heavy atom. The number of halogens is 3. The summed E-state index contributed by atoms with van der Waals surface area (Å²) in [5, 5.41) is 3.63. The Morgan fingerprint density at radius 3 is 2.15 bits per heavy atom. The third kappa shape index (κ3) is 9.36. The molecule has 3 aromatic rings. The van der Waals surface area contributed by atoms with Gasteiger partial charge in [0.25, 0.3) is 0 Å². The summed E-state index contributed by atoms with van der Waals surface area (Å²) in [6, 6.07) is 20.3. The minimum absolute atomic E-state index is 0.0204. The van der Waals surface area contributed by atoms with Crippen molar-refractivity contribution >= 4 is 73.3 Å². The predicted molar refractivity (Wildman–Crippen MR) is 170 cm³/mol. The van der Waals surface area contributed by atoms with E-state index in [-0.39, 0.29) is 24.8 Å². The van der Waals surface area contributed by atoms with E-state index in [1.54, 1.807) is 42.5 Å². The standard InChI is InChI=1S/C29H32Cl2IN3O4S/c1-20(2)17-33-29(37)27(16-21-7-5-4-6-8-21)34(18-22-9-14-25(30)26(31)15-22)28(36)19-35(40(3,38)39)24-12-10-23(32)11-13-24/h4-15,20,27H,16-19H2,1-3H3,(H,33,37). The van der Waals surface area contributed by atoms with E-state index in [1.807, 2.05) is 44.2 Å². The lowest BCUT2D eigenvalue weighted by molar-refractivity contribution is -0.140. The summed E-state index contributed by atoms with van der Waals surface area (Å²) in [6.07, 6.45) is 1.29. The Labute approximate surface area is 260 Å². The maximum absolute atomic E-state index is 14.1. The molecule has 0 saturated carbocycles. The van der Waals surface area contributed by atoms with Gasteiger partial charge in [0.1, 0.15) is 12.6 Å². The number of carbonyl (C=O) groups excluding carboxylic acids is 2. The number of carbonyl (C=O) groups is 2. The van der Waals surface area contributed by atoms with E-state index in [2.05, 4.69) is 27.9 Å². The highest BCUT2D eigenvalue weighted by molar-refractivity contribution is 14.1. The number of hydrogen-bond acceptors (Lipinski definition) is 4. The molecule has 40 heavy (non-hydrogen) atoms. The van der Waals surface area contributed by atoms with Crippen molar-refractivity contribution in [2.75, 3.05) is 23.7 Å². The monoisotopic (exact) mass is 715 g/mol. The van der Waals surface area contributed by atoms with Gasteiger partial charge in [0.15, 0.2) is 0 Å². The number of benzene rings is 3. The van der Waals surface area contributed by atoms with Crippen molar-refractivity contribution < 1.29 is 18.0 Å². The van der Waals surface area contributed by atoms with Crippen LogP contribution in [-0.4, -0.2) is 50.5 Å². The molecule has 1 unspecified atom stereocenters. The number of nitrogens with one attached hydrogen (secondary N) is 1. The molecule has 0 bridgehead atoms. The molecule has 0 aliphatic heterocycles. The van der Waals surface area contributed by atoms with Gasteiger partial charge in [-0.15, -0.1) is 0 Å². The van der Waals surface area contributed by atoms with Crippen LogP contribution in [0.25, 0.3) is 0 Å². The largest absolute Gasteiger partial charge is 0.354 e. The highest BCUT2D eigenvalue weighted by atomic mass is 127. The molecule has 1 atom stereocenters. The molecule has 3 rings (SSSR count). The Bertz CT molecular complexity index is 1420. The molecule has 0 aromatic heterocycles. The van der Waals surface area contributed by atoms with Crippen molar-refractivity contribution in [3.8, 4) is 0 Å². The summed E-state index contributed by atoms with van der Waals surface area (Å²) in [4.78, 5) is 29.1. The van der Waals surface area contributed by atoms with Crippen LogP contribution in [0.5, 0.6) is 0 Å². The number of anilines is 1. The molecule has 0 aliphatic rings. The fourth-order valence-corrected chi connectivity index (χ4v) is 5.56. The topological polar surface area (TPSA) is 86.8 Å². The maximum Gasteiger partial charge on any atom is 0.244 e. The van der Waals surface area contributed by atoms with E-state index in [9.17, 15) is 18.0 Å². The van der Waals surface area contributed by atoms with Gasteiger partial charge in [-0.1, -0.05) is 73.4 Å². The summed E-state index contributed by atoms with van der Waals surface area (Å²) in [5.74, 6) is -0.663. The maximum atomic E-state index is 14.1. The molecule has 0 spiro atoms. The van der Waals surface area contributed by atoms with E-state index >= 15 is 0 Å².